The fourth-order valence-corrected chi connectivity index (χ4v) is 3.79. The molecule has 1 atom stereocenters. The average Bonchev–Trinajstić information content (AvgIpc) is 3.25. The van der Waals surface area contributed by atoms with Gasteiger partial charge < -0.3 is 9.64 Å². The van der Waals surface area contributed by atoms with Crippen LogP contribution in [0, 0.1) is 11.6 Å². The molecule has 0 bridgehead atoms. The molecule has 2 heterocycles. The number of ether oxygens (including phenoxy) is 1. The Morgan fingerprint density at radius 1 is 1.21 bits per heavy atom. The van der Waals surface area contributed by atoms with Crippen molar-refractivity contribution in [3.63, 3.8) is 0 Å². The second-order valence-corrected chi connectivity index (χ2v) is 7.69. The molecule has 1 amide bonds. The van der Waals surface area contributed by atoms with Gasteiger partial charge in [0, 0.05) is 29.0 Å². The summed E-state index contributed by atoms with van der Waals surface area (Å²) in [4.78, 5) is 14.8. The summed E-state index contributed by atoms with van der Waals surface area (Å²) in [6.07, 6.45) is 4.61. The second-order valence-electron chi connectivity index (χ2n) is 7.69. The van der Waals surface area contributed by atoms with E-state index in [0.717, 1.165) is 10.8 Å². The first-order valence-corrected chi connectivity index (χ1v) is 10.4. The molecule has 0 unspecified atom stereocenters. The molecule has 7 nitrogen and oxygen atoms in total. The molecule has 0 spiro atoms. The molecule has 4 rings (SSSR count). The summed E-state index contributed by atoms with van der Waals surface area (Å²) < 4.78 is 34.1. The number of hydrogen-bond acceptors (Lipinski definition) is 4. The Balaban J connectivity index is 1.68. The highest BCUT2D eigenvalue weighted by Gasteiger charge is 2.25. The lowest BCUT2D eigenvalue weighted by Crippen LogP contribution is -2.34. The number of fused-ring (bicyclic) bond motifs is 1. The molecule has 2 N–H and O–H groups in total. The van der Waals surface area contributed by atoms with Crippen LogP contribution in [0.4, 0.5) is 8.78 Å². The van der Waals surface area contributed by atoms with Gasteiger partial charge in [0.25, 0.3) is 5.91 Å². The molecule has 0 radical (unpaired) electrons. The smallest absolute Gasteiger partial charge is 0.254 e. The van der Waals surface area contributed by atoms with Gasteiger partial charge in [-0.2, -0.15) is 5.10 Å². The van der Waals surface area contributed by atoms with Crippen molar-refractivity contribution in [1.82, 2.24) is 15.1 Å². The first-order chi connectivity index (χ1) is 15.8. The minimum absolute atomic E-state index is 0.290. The number of carbonyl (C=O) groups is 1. The van der Waals surface area contributed by atoms with Crippen LogP contribution in [0.2, 0.25) is 0 Å². The van der Waals surface area contributed by atoms with Gasteiger partial charge in [0.1, 0.15) is 17.4 Å². The van der Waals surface area contributed by atoms with Crippen LogP contribution in [0.1, 0.15) is 35.8 Å². The van der Waals surface area contributed by atoms with Crippen molar-refractivity contribution in [2.75, 3.05) is 13.7 Å². The molecule has 4 aromatic rings. The van der Waals surface area contributed by atoms with Crippen LogP contribution in [-0.2, 0) is 0 Å². The van der Waals surface area contributed by atoms with E-state index in [1.807, 2.05) is 6.92 Å². The number of H-pyrrole nitrogens is 1. The average molecular weight is 453 g/mol. The number of halogens is 2. The molecule has 0 aliphatic heterocycles. The zero-order chi connectivity index (χ0) is 23.7. The lowest BCUT2D eigenvalue weighted by Gasteiger charge is -2.25. The highest BCUT2D eigenvalue weighted by molar-refractivity contribution is 5.96. The number of hydrogen-bond donors (Lipinski definition) is 2. The van der Waals surface area contributed by atoms with E-state index in [2.05, 4.69) is 10.2 Å². The van der Waals surface area contributed by atoms with E-state index >= 15 is 0 Å². The number of amides is 1. The lowest BCUT2D eigenvalue weighted by molar-refractivity contribution is -0.904. The van der Waals surface area contributed by atoms with E-state index in [1.54, 1.807) is 38.4 Å². The van der Waals surface area contributed by atoms with Gasteiger partial charge >= 0.3 is 0 Å². The predicted molar refractivity (Wildman–Crippen MR) is 117 cm³/mol. The Morgan fingerprint density at radius 3 is 2.64 bits per heavy atom. The van der Waals surface area contributed by atoms with Gasteiger partial charge in [0.15, 0.2) is 0 Å². The van der Waals surface area contributed by atoms with E-state index in [1.165, 1.54) is 29.4 Å². The molecule has 0 fully saturated rings. The minimum Gasteiger partial charge on any atom is -0.493 e. The summed E-state index contributed by atoms with van der Waals surface area (Å²) >= 11 is 0. The summed E-state index contributed by atoms with van der Waals surface area (Å²) in [5, 5.41) is 17.6. The highest BCUT2D eigenvalue weighted by Crippen LogP contribution is 2.33. The number of aromatic nitrogens is 3. The van der Waals surface area contributed by atoms with Crippen molar-refractivity contribution in [2.24, 2.45) is 0 Å². The van der Waals surface area contributed by atoms with Crippen molar-refractivity contribution >= 4 is 16.8 Å². The van der Waals surface area contributed by atoms with Gasteiger partial charge in [-0.1, -0.05) is 0 Å². The summed E-state index contributed by atoms with van der Waals surface area (Å²) in [5.74, 6) is -1.34. The number of rotatable bonds is 6. The molecule has 2 aromatic heterocycles. The van der Waals surface area contributed by atoms with E-state index in [4.69, 9.17) is 4.74 Å². The molecule has 33 heavy (non-hydrogen) atoms. The number of nitrogens with zero attached hydrogens (tertiary/aromatic N) is 3. The van der Waals surface area contributed by atoms with Crippen molar-refractivity contribution < 1.29 is 28.2 Å². The molecule has 9 heteroatoms. The topological polar surface area (TPSA) is 82.3 Å². The Hall–Kier alpha value is -4.01. The van der Waals surface area contributed by atoms with Crippen LogP contribution >= 0.6 is 0 Å². The number of carbonyl (C=O) groups excluding carboxylic acids is 1. The van der Waals surface area contributed by atoms with Crippen LogP contribution in [-0.4, -0.2) is 39.9 Å². The number of pyridine rings is 1. The zero-order valence-corrected chi connectivity index (χ0v) is 18.3. The molecule has 0 aliphatic carbocycles. The van der Waals surface area contributed by atoms with Gasteiger partial charge in [-0.15, -0.1) is 0 Å². The maximum absolute atomic E-state index is 13.7. The largest absolute Gasteiger partial charge is 0.493 e. The van der Waals surface area contributed by atoms with E-state index in [-0.39, 0.29) is 5.91 Å². The third kappa shape index (κ3) is 4.34. The number of benzene rings is 2. The number of nitrogens with one attached hydrogen (secondary N) is 1. The summed E-state index contributed by atoms with van der Waals surface area (Å²) in [5.41, 5.74) is 2.54. The zero-order valence-electron chi connectivity index (χ0n) is 18.3. The summed E-state index contributed by atoms with van der Waals surface area (Å²) in [6, 6.07) is 7.59. The monoisotopic (exact) mass is 453 g/mol. The third-order valence-corrected chi connectivity index (χ3v) is 5.55. The highest BCUT2D eigenvalue weighted by atomic mass is 19.1. The fourth-order valence-electron chi connectivity index (χ4n) is 3.79. The molecular weight excluding hydrogens is 430 g/mol. The van der Waals surface area contributed by atoms with Crippen molar-refractivity contribution in [2.45, 2.75) is 19.9 Å². The quantitative estimate of drug-likeness (QED) is 0.338. The minimum atomic E-state index is -0.699. The van der Waals surface area contributed by atoms with Crippen molar-refractivity contribution in [3.05, 3.63) is 77.8 Å². The molecule has 0 saturated carbocycles. The van der Waals surface area contributed by atoms with E-state index < -0.39 is 17.7 Å². The predicted octanol–water partition coefficient (Wildman–Crippen LogP) is 4.26. The Kier molecular flexibility index (Phi) is 5.95. The summed E-state index contributed by atoms with van der Waals surface area (Å²) in [7, 11) is 1.65. The van der Waals surface area contributed by atoms with E-state index in [0.29, 0.717) is 45.5 Å². The second kappa shape index (κ2) is 8.85. The molecule has 0 aliphatic rings. The Bertz CT molecular complexity index is 1320. The fraction of sp³-hybridized carbons (Fsp3) is 0.208. The Labute approximate surface area is 188 Å². The van der Waals surface area contributed by atoms with Gasteiger partial charge in [-0.3, -0.25) is 15.1 Å². The summed E-state index contributed by atoms with van der Waals surface area (Å²) in [6.45, 7) is 3.93. The lowest BCUT2D eigenvalue weighted by atomic mass is 10.0. The van der Waals surface area contributed by atoms with Crippen molar-refractivity contribution in [1.29, 1.82) is 0 Å². The van der Waals surface area contributed by atoms with Gasteiger partial charge in [0.05, 0.1) is 35.3 Å². The first kappa shape index (κ1) is 22.2. The molecule has 0 saturated heterocycles. The van der Waals surface area contributed by atoms with Gasteiger partial charge in [-0.05, 0) is 49.7 Å². The van der Waals surface area contributed by atoms with Crippen LogP contribution in [0.15, 0.2) is 55.0 Å². The standard InChI is InChI=1S/C24H22F2N4O3/c1-4-33-22-9-15(5-6-20(22)16-7-18(25)10-19(26)8-16)24(31)29(3)14(2)21-13-30(32)12-17-11-27-28-23(17)21/h5-14,32H,4H2,1-3H3/p+1/t14-/m1/s1. The normalized spacial score (nSPS) is 12.0. The van der Waals surface area contributed by atoms with E-state index in [9.17, 15) is 18.8 Å². The van der Waals surface area contributed by atoms with Gasteiger partial charge in [-0.25, -0.2) is 8.78 Å². The molecule has 2 aromatic carbocycles. The van der Waals surface area contributed by atoms with Crippen LogP contribution < -0.4 is 9.47 Å². The van der Waals surface area contributed by atoms with Gasteiger partial charge in [0.2, 0.25) is 12.4 Å². The van der Waals surface area contributed by atoms with Crippen LogP contribution in [0.25, 0.3) is 22.0 Å². The molecule has 170 valence electrons. The maximum Gasteiger partial charge on any atom is 0.254 e. The SMILES string of the molecule is CCOc1cc(C(=O)N(C)[C@H](C)c2c[n+](O)cc3cn[nH]c23)ccc1-c1cc(F)cc(F)c1. The maximum atomic E-state index is 13.7. The number of aromatic amines is 1. The molecular formula is C24H23F2N4O3+. The first-order valence-electron chi connectivity index (χ1n) is 10.4. The van der Waals surface area contributed by atoms with Crippen LogP contribution in [0.5, 0.6) is 5.75 Å². The Morgan fingerprint density at radius 2 is 1.94 bits per heavy atom. The third-order valence-electron chi connectivity index (χ3n) is 5.55. The van der Waals surface area contributed by atoms with Crippen molar-refractivity contribution in [3.8, 4) is 16.9 Å². The van der Waals surface area contributed by atoms with Crippen LogP contribution in [0.3, 0.4) is 0 Å².